The molecule has 1 unspecified atom stereocenters. The number of halogens is 1. The van der Waals surface area contributed by atoms with Gasteiger partial charge in [-0.05, 0) is 11.6 Å². The number of hydrogen-bond acceptors (Lipinski definition) is 2. The van der Waals surface area contributed by atoms with E-state index in [1.165, 1.54) is 13.2 Å². The van der Waals surface area contributed by atoms with Gasteiger partial charge in [-0.15, -0.1) is 0 Å². The van der Waals surface area contributed by atoms with Crippen molar-refractivity contribution in [1.82, 2.24) is 0 Å². The number of ether oxygens (including phenoxy) is 1. The first kappa shape index (κ1) is 10.2. The highest BCUT2D eigenvalue weighted by molar-refractivity contribution is 5.18. The fourth-order valence-corrected chi connectivity index (χ4v) is 1.13. The molecule has 13 heavy (non-hydrogen) atoms. The molecule has 0 heterocycles. The van der Waals surface area contributed by atoms with Crippen LogP contribution in [0.15, 0.2) is 24.3 Å². The maximum absolute atomic E-state index is 13.1. The Labute approximate surface area is 77.0 Å². The van der Waals surface area contributed by atoms with Crippen LogP contribution in [0.5, 0.6) is 0 Å². The van der Waals surface area contributed by atoms with Gasteiger partial charge in [-0.25, -0.2) is 4.39 Å². The number of benzene rings is 1. The predicted octanol–water partition coefficient (Wildman–Crippen LogP) is 1.38. The number of methoxy groups -OCH3 is 1. The van der Waals surface area contributed by atoms with E-state index in [1.54, 1.807) is 18.2 Å². The quantitative estimate of drug-likeness (QED) is 0.766. The Hall–Kier alpha value is -0.930. The molecule has 3 heteroatoms. The maximum Gasteiger partial charge on any atom is 0.126 e. The van der Waals surface area contributed by atoms with Crippen molar-refractivity contribution >= 4 is 0 Å². The van der Waals surface area contributed by atoms with Crippen LogP contribution in [0.3, 0.4) is 0 Å². The van der Waals surface area contributed by atoms with Crippen LogP contribution in [-0.2, 0) is 11.2 Å². The SMILES string of the molecule is COC(CO)Cc1ccccc1F. The molecule has 0 aromatic heterocycles. The van der Waals surface area contributed by atoms with Gasteiger partial charge in [-0.3, -0.25) is 0 Å². The summed E-state index contributed by atoms with van der Waals surface area (Å²) in [5, 5.41) is 8.83. The highest BCUT2D eigenvalue weighted by atomic mass is 19.1. The normalized spacial score (nSPS) is 12.8. The van der Waals surface area contributed by atoms with Crippen molar-refractivity contribution < 1.29 is 14.2 Å². The van der Waals surface area contributed by atoms with Gasteiger partial charge in [0.1, 0.15) is 5.82 Å². The monoisotopic (exact) mass is 184 g/mol. The first-order valence-corrected chi connectivity index (χ1v) is 4.15. The Kier molecular flexibility index (Phi) is 3.86. The highest BCUT2D eigenvalue weighted by Gasteiger charge is 2.09. The van der Waals surface area contributed by atoms with Crippen LogP contribution in [0, 0.1) is 5.82 Å². The van der Waals surface area contributed by atoms with Crippen LogP contribution in [0.1, 0.15) is 5.56 Å². The Balaban J connectivity index is 2.67. The second-order valence-corrected chi connectivity index (χ2v) is 2.84. The van der Waals surface area contributed by atoms with Crippen molar-refractivity contribution in [1.29, 1.82) is 0 Å². The number of aliphatic hydroxyl groups is 1. The second kappa shape index (κ2) is 4.94. The van der Waals surface area contributed by atoms with E-state index in [-0.39, 0.29) is 18.5 Å². The summed E-state index contributed by atoms with van der Waals surface area (Å²) in [6.07, 6.45) is 0.0801. The fraction of sp³-hybridized carbons (Fsp3) is 0.400. The van der Waals surface area contributed by atoms with Crippen molar-refractivity contribution in [2.24, 2.45) is 0 Å². The lowest BCUT2D eigenvalue weighted by molar-refractivity contribution is 0.0489. The summed E-state index contributed by atoms with van der Waals surface area (Å²) < 4.78 is 18.0. The molecule has 1 atom stereocenters. The third kappa shape index (κ3) is 2.79. The third-order valence-electron chi connectivity index (χ3n) is 1.94. The first-order valence-electron chi connectivity index (χ1n) is 4.15. The molecule has 0 fully saturated rings. The summed E-state index contributed by atoms with van der Waals surface area (Å²) in [5.41, 5.74) is 0.573. The smallest absolute Gasteiger partial charge is 0.126 e. The molecule has 0 radical (unpaired) electrons. The van der Waals surface area contributed by atoms with Crippen LogP contribution in [-0.4, -0.2) is 24.9 Å². The largest absolute Gasteiger partial charge is 0.394 e. The third-order valence-corrected chi connectivity index (χ3v) is 1.94. The minimum absolute atomic E-state index is 0.0924. The van der Waals surface area contributed by atoms with Crippen LogP contribution in [0.2, 0.25) is 0 Å². The van der Waals surface area contributed by atoms with Gasteiger partial charge in [0.2, 0.25) is 0 Å². The Morgan fingerprint density at radius 3 is 2.69 bits per heavy atom. The molecule has 1 rings (SSSR count). The van der Waals surface area contributed by atoms with Crippen molar-refractivity contribution in [3.8, 4) is 0 Å². The molecule has 0 bridgehead atoms. The average molecular weight is 184 g/mol. The highest BCUT2D eigenvalue weighted by Crippen LogP contribution is 2.09. The standard InChI is InChI=1S/C10H13FO2/c1-13-9(7-12)6-8-4-2-3-5-10(8)11/h2-5,9,12H,6-7H2,1H3. The van der Waals surface area contributed by atoms with Crippen LogP contribution in [0.25, 0.3) is 0 Å². The molecule has 0 aliphatic rings. The van der Waals surface area contributed by atoms with Gasteiger partial charge in [-0.2, -0.15) is 0 Å². The second-order valence-electron chi connectivity index (χ2n) is 2.84. The minimum atomic E-state index is -0.322. The van der Waals surface area contributed by atoms with Crippen LogP contribution in [0.4, 0.5) is 4.39 Å². The van der Waals surface area contributed by atoms with E-state index in [9.17, 15) is 4.39 Å². The van der Waals surface area contributed by atoms with Gasteiger partial charge < -0.3 is 9.84 Å². The molecule has 1 aromatic rings. The number of hydrogen-bond donors (Lipinski definition) is 1. The molecule has 0 aliphatic carbocycles. The lowest BCUT2D eigenvalue weighted by Gasteiger charge is -2.12. The molecule has 2 nitrogen and oxygen atoms in total. The summed E-state index contributed by atoms with van der Waals surface area (Å²) in [6, 6.07) is 6.50. The molecular weight excluding hydrogens is 171 g/mol. The van der Waals surface area contributed by atoms with Crippen molar-refractivity contribution in [3.63, 3.8) is 0 Å². The van der Waals surface area contributed by atoms with Gasteiger partial charge in [0, 0.05) is 13.5 Å². The first-order chi connectivity index (χ1) is 6.27. The molecule has 72 valence electrons. The van der Waals surface area contributed by atoms with Crippen molar-refractivity contribution in [3.05, 3.63) is 35.6 Å². The Bertz CT molecular complexity index is 259. The summed E-state index contributed by atoms with van der Waals surface area (Å²) >= 11 is 0. The predicted molar refractivity (Wildman–Crippen MR) is 48.0 cm³/mol. The number of aliphatic hydroxyl groups excluding tert-OH is 1. The van der Waals surface area contributed by atoms with E-state index in [2.05, 4.69) is 0 Å². The Morgan fingerprint density at radius 2 is 2.15 bits per heavy atom. The van der Waals surface area contributed by atoms with E-state index in [0.29, 0.717) is 12.0 Å². The number of rotatable bonds is 4. The van der Waals surface area contributed by atoms with Crippen LogP contribution >= 0.6 is 0 Å². The van der Waals surface area contributed by atoms with E-state index in [4.69, 9.17) is 9.84 Å². The van der Waals surface area contributed by atoms with E-state index in [1.807, 2.05) is 0 Å². The average Bonchev–Trinajstić information content (AvgIpc) is 2.17. The molecule has 1 N–H and O–H groups in total. The van der Waals surface area contributed by atoms with Gasteiger partial charge in [0.15, 0.2) is 0 Å². The van der Waals surface area contributed by atoms with Gasteiger partial charge in [0.05, 0.1) is 12.7 Å². The van der Waals surface area contributed by atoms with Crippen molar-refractivity contribution in [2.75, 3.05) is 13.7 Å². The molecular formula is C10H13FO2. The topological polar surface area (TPSA) is 29.5 Å². The van der Waals surface area contributed by atoms with E-state index in [0.717, 1.165) is 0 Å². The Morgan fingerprint density at radius 1 is 1.46 bits per heavy atom. The zero-order chi connectivity index (χ0) is 9.68. The lowest BCUT2D eigenvalue weighted by atomic mass is 10.1. The van der Waals surface area contributed by atoms with Crippen LogP contribution < -0.4 is 0 Å². The van der Waals surface area contributed by atoms with Gasteiger partial charge in [-0.1, -0.05) is 18.2 Å². The van der Waals surface area contributed by atoms with Gasteiger partial charge in [0.25, 0.3) is 0 Å². The molecule has 1 aromatic carbocycles. The maximum atomic E-state index is 13.1. The molecule has 0 saturated carbocycles. The molecule has 0 spiro atoms. The summed E-state index contributed by atoms with van der Waals surface area (Å²) in [7, 11) is 1.50. The van der Waals surface area contributed by atoms with E-state index >= 15 is 0 Å². The lowest BCUT2D eigenvalue weighted by Crippen LogP contribution is -2.19. The summed E-state index contributed by atoms with van der Waals surface area (Å²) in [4.78, 5) is 0. The molecule has 0 saturated heterocycles. The fourth-order valence-electron chi connectivity index (χ4n) is 1.13. The zero-order valence-electron chi connectivity index (χ0n) is 7.53. The zero-order valence-corrected chi connectivity index (χ0v) is 7.53. The van der Waals surface area contributed by atoms with Crippen molar-refractivity contribution in [2.45, 2.75) is 12.5 Å². The minimum Gasteiger partial charge on any atom is -0.394 e. The summed E-state index contributed by atoms with van der Waals surface area (Å²) in [5.74, 6) is -0.252. The molecule has 0 aliphatic heterocycles. The molecule has 0 amide bonds. The van der Waals surface area contributed by atoms with E-state index < -0.39 is 0 Å². The summed E-state index contributed by atoms with van der Waals surface area (Å²) in [6.45, 7) is -0.0924. The van der Waals surface area contributed by atoms with Gasteiger partial charge >= 0.3 is 0 Å².